The highest BCUT2D eigenvalue weighted by Gasteiger charge is 2.17. The van der Waals surface area contributed by atoms with Crippen LogP contribution in [0.25, 0.3) is 0 Å². The van der Waals surface area contributed by atoms with Gasteiger partial charge in [-0.3, -0.25) is 4.79 Å². The average Bonchev–Trinajstić information content (AvgIpc) is 2.58. The van der Waals surface area contributed by atoms with E-state index in [9.17, 15) is 14.4 Å². The summed E-state index contributed by atoms with van der Waals surface area (Å²) >= 11 is 0. The van der Waals surface area contributed by atoms with Gasteiger partial charge in [-0.05, 0) is 12.1 Å². The van der Waals surface area contributed by atoms with Crippen LogP contribution in [0.15, 0.2) is 48.5 Å². The van der Waals surface area contributed by atoms with Crippen LogP contribution in [-0.2, 0) is 9.59 Å². The highest BCUT2D eigenvalue weighted by Crippen LogP contribution is 2.27. The standard InChI is InChI=1S/C17H14O7/c18-15(19)9-23-12-6-7-13(14(8-12)24-10-16(20)21)17(22)11-4-2-1-3-5-11/h1-8H,9-10H2,(H,18,19)(H,20,21). The summed E-state index contributed by atoms with van der Waals surface area (Å²) in [5.74, 6) is -2.55. The molecular formula is C17H14O7. The number of ether oxygens (including phenoxy) is 2. The number of benzene rings is 2. The number of rotatable bonds is 8. The minimum absolute atomic E-state index is 0.00846. The molecule has 0 spiro atoms. The van der Waals surface area contributed by atoms with Crippen molar-refractivity contribution < 1.29 is 34.1 Å². The highest BCUT2D eigenvalue weighted by molar-refractivity contribution is 6.10. The number of carboxylic acid groups (broad SMARTS) is 2. The molecular weight excluding hydrogens is 316 g/mol. The molecule has 0 heterocycles. The third kappa shape index (κ3) is 4.57. The minimum Gasteiger partial charge on any atom is -0.482 e. The van der Waals surface area contributed by atoms with Gasteiger partial charge in [-0.2, -0.15) is 0 Å². The smallest absolute Gasteiger partial charge is 0.341 e. The van der Waals surface area contributed by atoms with Gasteiger partial charge in [-0.15, -0.1) is 0 Å². The molecule has 2 aromatic rings. The Morgan fingerprint density at radius 3 is 2.08 bits per heavy atom. The van der Waals surface area contributed by atoms with Gasteiger partial charge in [0.15, 0.2) is 19.0 Å². The zero-order chi connectivity index (χ0) is 17.5. The van der Waals surface area contributed by atoms with Crippen molar-refractivity contribution >= 4 is 17.7 Å². The molecule has 124 valence electrons. The number of hydrogen-bond donors (Lipinski definition) is 2. The van der Waals surface area contributed by atoms with Gasteiger partial charge < -0.3 is 19.7 Å². The van der Waals surface area contributed by atoms with Crippen LogP contribution < -0.4 is 9.47 Å². The topological polar surface area (TPSA) is 110 Å². The normalized spacial score (nSPS) is 10.0. The van der Waals surface area contributed by atoms with Gasteiger partial charge in [0.2, 0.25) is 0 Å². The average molecular weight is 330 g/mol. The van der Waals surface area contributed by atoms with Crippen LogP contribution in [0.4, 0.5) is 0 Å². The van der Waals surface area contributed by atoms with E-state index in [1.807, 2.05) is 0 Å². The number of carbonyl (C=O) groups is 3. The molecule has 0 bridgehead atoms. The summed E-state index contributed by atoms with van der Waals surface area (Å²) in [6, 6.07) is 12.5. The van der Waals surface area contributed by atoms with Gasteiger partial charge in [0.25, 0.3) is 0 Å². The van der Waals surface area contributed by atoms with Crippen LogP contribution >= 0.6 is 0 Å². The van der Waals surface area contributed by atoms with Gasteiger partial charge in [0.05, 0.1) is 5.56 Å². The van der Waals surface area contributed by atoms with Crippen molar-refractivity contribution in [2.45, 2.75) is 0 Å². The van der Waals surface area contributed by atoms with Crippen molar-refractivity contribution in [2.75, 3.05) is 13.2 Å². The first-order chi connectivity index (χ1) is 11.5. The molecule has 7 nitrogen and oxygen atoms in total. The summed E-state index contributed by atoms with van der Waals surface area (Å²) in [5.41, 5.74) is 0.571. The van der Waals surface area contributed by atoms with E-state index in [0.29, 0.717) is 5.56 Å². The molecule has 0 aliphatic heterocycles. The van der Waals surface area contributed by atoms with Gasteiger partial charge in [-0.1, -0.05) is 30.3 Å². The number of carboxylic acids is 2. The Hall–Kier alpha value is -3.35. The fourth-order valence-electron chi connectivity index (χ4n) is 1.93. The van der Waals surface area contributed by atoms with Crippen molar-refractivity contribution in [1.29, 1.82) is 0 Å². The third-order valence-electron chi connectivity index (χ3n) is 2.95. The van der Waals surface area contributed by atoms with Crippen molar-refractivity contribution in [1.82, 2.24) is 0 Å². The van der Waals surface area contributed by atoms with Gasteiger partial charge in [0.1, 0.15) is 11.5 Å². The molecule has 0 atom stereocenters. The van der Waals surface area contributed by atoms with Gasteiger partial charge in [0, 0.05) is 11.6 Å². The predicted molar refractivity (Wildman–Crippen MR) is 82.6 cm³/mol. The van der Waals surface area contributed by atoms with Crippen molar-refractivity contribution in [2.24, 2.45) is 0 Å². The predicted octanol–water partition coefficient (Wildman–Crippen LogP) is 1.84. The monoisotopic (exact) mass is 330 g/mol. The molecule has 0 radical (unpaired) electrons. The molecule has 0 unspecified atom stereocenters. The SMILES string of the molecule is O=C(O)COc1ccc(C(=O)c2ccccc2)c(OCC(=O)O)c1. The first-order valence-electron chi connectivity index (χ1n) is 6.90. The van der Waals surface area contributed by atoms with Gasteiger partial charge >= 0.3 is 11.9 Å². The maximum atomic E-state index is 12.5. The summed E-state index contributed by atoms with van der Waals surface area (Å²) in [6.07, 6.45) is 0. The van der Waals surface area contributed by atoms with Crippen LogP contribution in [0.3, 0.4) is 0 Å². The van der Waals surface area contributed by atoms with E-state index < -0.39 is 25.2 Å². The van der Waals surface area contributed by atoms with E-state index in [1.54, 1.807) is 30.3 Å². The molecule has 2 aromatic carbocycles. The number of aliphatic carboxylic acids is 2. The van der Waals surface area contributed by atoms with E-state index in [1.165, 1.54) is 18.2 Å². The summed E-state index contributed by atoms with van der Waals surface area (Å²) in [7, 11) is 0. The number of ketones is 1. The Balaban J connectivity index is 2.32. The lowest BCUT2D eigenvalue weighted by molar-refractivity contribution is -0.140. The van der Waals surface area contributed by atoms with E-state index in [2.05, 4.69) is 0 Å². The Bertz CT molecular complexity index is 753. The fraction of sp³-hybridized carbons (Fsp3) is 0.118. The van der Waals surface area contributed by atoms with Crippen molar-refractivity contribution in [3.8, 4) is 11.5 Å². The quantitative estimate of drug-likeness (QED) is 0.711. The molecule has 0 aromatic heterocycles. The van der Waals surface area contributed by atoms with Crippen LogP contribution in [-0.4, -0.2) is 41.1 Å². The Morgan fingerprint density at radius 1 is 0.833 bits per heavy atom. The fourth-order valence-corrected chi connectivity index (χ4v) is 1.93. The van der Waals surface area contributed by atoms with Crippen molar-refractivity contribution in [3.05, 3.63) is 59.7 Å². The van der Waals surface area contributed by atoms with E-state index in [0.717, 1.165) is 0 Å². The summed E-state index contributed by atoms with van der Waals surface area (Å²) in [5, 5.41) is 17.4. The van der Waals surface area contributed by atoms with Gasteiger partial charge in [-0.25, -0.2) is 9.59 Å². The van der Waals surface area contributed by atoms with Crippen molar-refractivity contribution in [3.63, 3.8) is 0 Å². The maximum absolute atomic E-state index is 12.5. The third-order valence-corrected chi connectivity index (χ3v) is 2.95. The molecule has 0 aliphatic rings. The minimum atomic E-state index is -1.20. The van der Waals surface area contributed by atoms with E-state index >= 15 is 0 Å². The first kappa shape index (κ1) is 17.0. The first-order valence-corrected chi connectivity index (χ1v) is 6.90. The largest absolute Gasteiger partial charge is 0.482 e. The van der Waals surface area contributed by atoms with E-state index in [-0.39, 0.29) is 22.8 Å². The number of carbonyl (C=O) groups excluding carboxylic acids is 1. The molecule has 24 heavy (non-hydrogen) atoms. The maximum Gasteiger partial charge on any atom is 0.341 e. The zero-order valence-corrected chi connectivity index (χ0v) is 12.5. The van der Waals surface area contributed by atoms with Crippen LogP contribution in [0.5, 0.6) is 11.5 Å². The Morgan fingerprint density at radius 2 is 1.46 bits per heavy atom. The second kappa shape index (κ2) is 7.77. The lowest BCUT2D eigenvalue weighted by Gasteiger charge is -2.12. The molecule has 0 fully saturated rings. The summed E-state index contributed by atoms with van der Waals surface area (Å²) < 4.78 is 10.2. The number of hydrogen-bond acceptors (Lipinski definition) is 5. The lowest BCUT2D eigenvalue weighted by Crippen LogP contribution is -2.13. The second-order valence-corrected chi connectivity index (χ2v) is 4.72. The van der Waals surface area contributed by atoms with E-state index in [4.69, 9.17) is 19.7 Å². The molecule has 7 heteroatoms. The molecule has 2 rings (SSSR count). The molecule has 0 saturated heterocycles. The summed E-state index contributed by atoms with van der Waals surface area (Å²) in [4.78, 5) is 33.8. The molecule has 0 aliphatic carbocycles. The van der Waals surface area contributed by atoms with Crippen LogP contribution in [0.1, 0.15) is 15.9 Å². The second-order valence-electron chi connectivity index (χ2n) is 4.72. The van der Waals surface area contributed by atoms with Crippen LogP contribution in [0, 0.1) is 0 Å². The Labute approximate surface area is 137 Å². The zero-order valence-electron chi connectivity index (χ0n) is 12.5. The van der Waals surface area contributed by atoms with Crippen LogP contribution in [0.2, 0.25) is 0 Å². The molecule has 0 saturated carbocycles. The Kier molecular flexibility index (Phi) is 5.51. The summed E-state index contributed by atoms with van der Waals surface area (Å²) in [6.45, 7) is -1.21. The molecule has 0 amide bonds. The highest BCUT2D eigenvalue weighted by atomic mass is 16.5. The molecule has 2 N–H and O–H groups in total. The lowest BCUT2D eigenvalue weighted by atomic mass is 10.0.